The zero-order chi connectivity index (χ0) is 10.1. The average molecular weight is 239 g/mol. The number of halogens is 1. The third kappa shape index (κ3) is 2.28. The molecule has 13 heavy (non-hydrogen) atoms. The Hall–Kier alpha value is -0.880. The van der Waals surface area contributed by atoms with Gasteiger partial charge in [-0.2, -0.15) is 5.26 Å². The van der Waals surface area contributed by atoms with Crippen LogP contribution in [0.3, 0.4) is 0 Å². The van der Waals surface area contributed by atoms with Gasteiger partial charge in [-0.25, -0.2) is 4.98 Å². The standard InChI is InChI=1S/C10H11BrN2/c1-10(2,3)9-7(6-12)4-5-8(11)13-9/h4-5H,1-3H3. The van der Waals surface area contributed by atoms with Crippen LogP contribution in [0.2, 0.25) is 0 Å². The van der Waals surface area contributed by atoms with E-state index in [1.54, 1.807) is 12.1 Å². The Labute approximate surface area is 86.7 Å². The van der Waals surface area contributed by atoms with Crippen molar-refractivity contribution in [1.29, 1.82) is 5.26 Å². The summed E-state index contributed by atoms with van der Waals surface area (Å²) in [6.07, 6.45) is 0. The molecular weight excluding hydrogens is 228 g/mol. The van der Waals surface area contributed by atoms with E-state index in [2.05, 4.69) is 27.0 Å². The van der Waals surface area contributed by atoms with Crippen LogP contribution in [0.5, 0.6) is 0 Å². The quantitative estimate of drug-likeness (QED) is 0.652. The molecule has 0 aliphatic heterocycles. The summed E-state index contributed by atoms with van der Waals surface area (Å²) in [5, 5.41) is 8.87. The molecule has 1 aromatic rings. The lowest BCUT2D eigenvalue weighted by Crippen LogP contribution is -2.15. The Balaban J connectivity index is 3.35. The Kier molecular flexibility index (Phi) is 2.72. The van der Waals surface area contributed by atoms with Crippen molar-refractivity contribution in [2.75, 3.05) is 0 Å². The van der Waals surface area contributed by atoms with Crippen LogP contribution in [0.4, 0.5) is 0 Å². The topological polar surface area (TPSA) is 36.7 Å². The molecule has 0 aliphatic carbocycles. The number of rotatable bonds is 0. The summed E-state index contributed by atoms with van der Waals surface area (Å²) in [4.78, 5) is 4.31. The highest BCUT2D eigenvalue weighted by Crippen LogP contribution is 2.24. The lowest BCUT2D eigenvalue weighted by Gasteiger charge is -2.18. The molecule has 3 heteroatoms. The van der Waals surface area contributed by atoms with Gasteiger partial charge in [0, 0.05) is 5.41 Å². The molecule has 0 N–H and O–H groups in total. The highest BCUT2D eigenvalue weighted by Gasteiger charge is 2.19. The van der Waals surface area contributed by atoms with E-state index in [1.807, 2.05) is 20.8 Å². The van der Waals surface area contributed by atoms with Gasteiger partial charge in [-0.05, 0) is 28.1 Å². The first kappa shape index (κ1) is 10.2. The van der Waals surface area contributed by atoms with Crippen LogP contribution in [-0.4, -0.2) is 4.98 Å². The monoisotopic (exact) mass is 238 g/mol. The van der Waals surface area contributed by atoms with E-state index in [1.165, 1.54) is 0 Å². The second-order valence-corrected chi connectivity index (χ2v) is 4.70. The van der Waals surface area contributed by atoms with E-state index < -0.39 is 0 Å². The number of pyridine rings is 1. The molecule has 2 nitrogen and oxygen atoms in total. The first-order valence-electron chi connectivity index (χ1n) is 4.02. The van der Waals surface area contributed by atoms with E-state index in [4.69, 9.17) is 5.26 Å². The van der Waals surface area contributed by atoms with Crippen molar-refractivity contribution in [3.8, 4) is 6.07 Å². The lowest BCUT2D eigenvalue weighted by atomic mass is 9.89. The second kappa shape index (κ2) is 3.47. The Bertz CT molecular complexity index is 358. The maximum absolute atomic E-state index is 8.87. The molecule has 0 radical (unpaired) electrons. The molecular formula is C10H11BrN2. The van der Waals surface area contributed by atoms with Crippen LogP contribution in [0, 0.1) is 11.3 Å². The number of hydrogen-bond acceptors (Lipinski definition) is 2. The summed E-state index contributed by atoms with van der Waals surface area (Å²) in [6, 6.07) is 5.72. The van der Waals surface area contributed by atoms with Gasteiger partial charge in [0.2, 0.25) is 0 Å². The SMILES string of the molecule is CC(C)(C)c1nc(Br)ccc1C#N. The van der Waals surface area contributed by atoms with Gasteiger partial charge in [-0.15, -0.1) is 0 Å². The second-order valence-electron chi connectivity index (χ2n) is 3.89. The van der Waals surface area contributed by atoms with Crippen LogP contribution in [0.1, 0.15) is 32.0 Å². The predicted octanol–water partition coefficient (Wildman–Crippen LogP) is 3.01. The molecule has 0 aromatic carbocycles. The van der Waals surface area contributed by atoms with Gasteiger partial charge in [0.15, 0.2) is 0 Å². The summed E-state index contributed by atoms with van der Waals surface area (Å²) in [6.45, 7) is 6.13. The zero-order valence-corrected chi connectivity index (χ0v) is 9.51. The molecule has 68 valence electrons. The van der Waals surface area contributed by atoms with Gasteiger partial charge in [0.25, 0.3) is 0 Å². The molecule has 1 heterocycles. The number of nitrogens with zero attached hydrogens (tertiary/aromatic N) is 2. The smallest absolute Gasteiger partial charge is 0.106 e. The predicted molar refractivity (Wildman–Crippen MR) is 55.4 cm³/mol. The van der Waals surface area contributed by atoms with E-state index in [0.29, 0.717) is 5.56 Å². The third-order valence-electron chi connectivity index (χ3n) is 1.69. The first-order chi connectivity index (χ1) is 5.95. The number of nitriles is 1. The Morgan fingerprint density at radius 1 is 1.38 bits per heavy atom. The molecule has 0 saturated heterocycles. The van der Waals surface area contributed by atoms with E-state index in [-0.39, 0.29) is 5.41 Å². The molecule has 0 fully saturated rings. The molecule has 0 atom stereocenters. The fourth-order valence-corrected chi connectivity index (χ4v) is 1.41. The van der Waals surface area contributed by atoms with Crippen molar-refractivity contribution in [3.63, 3.8) is 0 Å². The molecule has 1 aromatic heterocycles. The molecule has 0 unspecified atom stereocenters. The van der Waals surface area contributed by atoms with Crippen LogP contribution < -0.4 is 0 Å². The fourth-order valence-electron chi connectivity index (χ4n) is 1.10. The van der Waals surface area contributed by atoms with E-state index in [9.17, 15) is 0 Å². The molecule has 0 saturated carbocycles. The molecule has 0 spiro atoms. The maximum Gasteiger partial charge on any atom is 0.106 e. The summed E-state index contributed by atoms with van der Waals surface area (Å²) < 4.78 is 0.774. The van der Waals surface area contributed by atoms with Crippen molar-refractivity contribution >= 4 is 15.9 Å². The third-order valence-corrected chi connectivity index (χ3v) is 2.13. The minimum absolute atomic E-state index is 0.0884. The van der Waals surface area contributed by atoms with Crippen molar-refractivity contribution in [2.24, 2.45) is 0 Å². The molecule has 0 amide bonds. The number of aromatic nitrogens is 1. The molecule has 1 rings (SSSR count). The first-order valence-corrected chi connectivity index (χ1v) is 4.81. The van der Waals surface area contributed by atoms with Crippen molar-refractivity contribution in [3.05, 3.63) is 28.0 Å². The average Bonchev–Trinajstić information content (AvgIpc) is 2.03. The van der Waals surface area contributed by atoms with Crippen LogP contribution >= 0.6 is 15.9 Å². The van der Waals surface area contributed by atoms with Gasteiger partial charge < -0.3 is 0 Å². The minimum atomic E-state index is -0.0884. The highest BCUT2D eigenvalue weighted by atomic mass is 79.9. The zero-order valence-electron chi connectivity index (χ0n) is 7.93. The van der Waals surface area contributed by atoms with Gasteiger partial charge in [-0.1, -0.05) is 20.8 Å². The summed E-state index contributed by atoms with van der Waals surface area (Å²) in [7, 11) is 0. The van der Waals surface area contributed by atoms with Crippen LogP contribution in [-0.2, 0) is 5.41 Å². The van der Waals surface area contributed by atoms with Crippen molar-refractivity contribution in [1.82, 2.24) is 4.98 Å². The maximum atomic E-state index is 8.87. The molecule has 0 bridgehead atoms. The largest absolute Gasteiger partial charge is 0.244 e. The number of hydrogen-bond donors (Lipinski definition) is 0. The fraction of sp³-hybridized carbons (Fsp3) is 0.400. The van der Waals surface area contributed by atoms with E-state index in [0.717, 1.165) is 10.3 Å². The normalized spacial score (nSPS) is 11.0. The summed E-state index contributed by atoms with van der Waals surface area (Å²) in [5.74, 6) is 0. The van der Waals surface area contributed by atoms with Gasteiger partial charge in [0.05, 0.1) is 11.3 Å². The summed E-state index contributed by atoms with van der Waals surface area (Å²) >= 11 is 3.30. The van der Waals surface area contributed by atoms with E-state index >= 15 is 0 Å². The Morgan fingerprint density at radius 3 is 2.46 bits per heavy atom. The van der Waals surface area contributed by atoms with Gasteiger partial charge in [-0.3, -0.25) is 0 Å². The van der Waals surface area contributed by atoms with Crippen LogP contribution in [0.15, 0.2) is 16.7 Å². The van der Waals surface area contributed by atoms with Gasteiger partial charge in [0.1, 0.15) is 10.7 Å². The van der Waals surface area contributed by atoms with Crippen LogP contribution in [0.25, 0.3) is 0 Å². The van der Waals surface area contributed by atoms with Gasteiger partial charge >= 0.3 is 0 Å². The minimum Gasteiger partial charge on any atom is -0.244 e. The Morgan fingerprint density at radius 2 is 2.00 bits per heavy atom. The summed E-state index contributed by atoms with van der Waals surface area (Å²) in [5.41, 5.74) is 1.40. The van der Waals surface area contributed by atoms with Crippen molar-refractivity contribution in [2.45, 2.75) is 26.2 Å². The lowest BCUT2D eigenvalue weighted by molar-refractivity contribution is 0.565. The van der Waals surface area contributed by atoms with Crippen molar-refractivity contribution < 1.29 is 0 Å². The molecule has 0 aliphatic rings. The highest BCUT2D eigenvalue weighted by molar-refractivity contribution is 9.10.